The molecule has 0 saturated heterocycles. The molecule has 6 heteroatoms. The number of halogens is 1. The maximum Gasteiger partial charge on any atom is 0.263 e. The number of hydrogen-bond acceptors (Lipinski definition) is 3. The predicted molar refractivity (Wildman–Crippen MR) is 144 cm³/mol. The number of hydrogen-bond donors (Lipinski definition) is 1. The van der Waals surface area contributed by atoms with E-state index in [-0.39, 0.29) is 24.2 Å². The average Bonchev–Trinajstić information content (AvgIpc) is 3.15. The van der Waals surface area contributed by atoms with E-state index in [1.165, 1.54) is 0 Å². The van der Waals surface area contributed by atoms with Gasteiger partial charge in [-0.25, -0.2) is 0 Å². The van der Waals surface area contributed by atoms with Crippen molar-refractivity contribution in [2.75, 3.05) is 7.11 Å². The average molecular weight is 566 g/mol. The highest BCUT2D eigenvalue weighted by atomic mass is 127. The Hall–Kier alpha value is -3.13. The molecule has 0 aliphatic carbocycles. The minimum absolute atomic E-state index is 0.108. The molecule has 0 spiro atoms. The van der Waals surface area contributed by atoms with Crippen LogP contribution in [0, 0.1) is 10.5 Å². The summed E-state index contributed by atoms with van der Waals surface area (Å²) in [5, 5.41) is 0.895. The third kappa shape index (κ3) is 4.34. The van der Waals surface area contributed by atoms with Crippen molar-refractivity contribution in [2.45, 2.75) is 32.6 Å². The zero-order valence-corrected chi connectivity index (χ0v) is 21.6. The summed E-state index contributed by atoms with van der Waals surface area (Å²) < 4.78 is 8.33. The van der Waals surface area contributed by atoms with Gasteiger partial charge < -0.3 is 10.5 Å². The van der Waals surface area contributed by atoms with Crippen LogP contribution in [0.5, 0.6) is 5.75 Å². The van der Waals surface area contributed by atoms with Crippen molar-refractivity contribution in [1.82, 2.24) is 4.57 Å². The smallest absolute Gasteiger partial charge is 0.263 e. The molecule has 2 N–H and O–H groups in total. The number of aromatic nitrogens is 1. The fourth-order valence-electron chi connectivity index (χ4n) is 4.60. The van der Waals surface area contributed by atoms with Crippen LogP contribution < -0.4 is 10.5 Å². The number of benzene rings is 3. The Balaban J connectivity index is 2.17. The third-order valence-electron chi connectivity index (χ3n) is 6.25. The Labute approximate surface area is 213 Å². The van der Waals surface area contributed by atoms with Crippen LogP contribution in [-0.2, 0) is 4.79 Å². The minimum Gasteiger partial charge on any atom is -0.496 e. The molecule has 0 saturated carbocycles. The van der Waals surface area contributed by atoms with Crippen molar-refractivity contribution in [1.29, 1.82) is 0 Å². The molecule has 5 nitrogen and oxygen atoms in total. The molecule has 1 heterocycles. The van der Waals surface area contributed by atoms with Gasteiger partial charge in [-0.05, 0) is 76.7 Å². The van der Waals surface area contributed by atoms with E-state index in [0.29, 0.717) is 12.0 Å². The molecule has 174 valence electrons. The second-order valence-corrected chi connectivity index (χ2v) is 9.53. The quantitative estimate of drug-likeness (QED) is 0.268. The Kier molecular flexibility index (Phi) is 7.07. The Bertz CT molecular complexity index is 1380. The second-order valence-electron chi connectivity index (χ2n) is 8.36. The van der Waals surface area contributed by atoms with Gasteiger partial charge in [-0.3, -0.25) is 14.2 Å². The number of ether oxygens (including phenoxy) is 1. The van der Waals surface area contributed by atoms with Crippen LogP contribution in [0.3, 0.4) is 0 Å². The Morgan fingerprint density at radius 2 is 1.74 bits per heavy atom. The Morgan fingerprint density at radius 3 is 2.35 bits per heavy atom. The van der Waals surface area contributed by atoms with Crippen molar-refractivity contribution in [3.05, 3.63) is 87.0 Å². The van der Waals surface area contributed by atoms with Crippen LogP contribution >= 0.6 is 22.6 Å². The third-order valence-corrected chi connectivity index (χ3v) is 7.10. The van der Waals surface area contributed by atoms with Gasteiger partial charge in [0.25, 0.3) is 5.91 Å². The number of carbonyl (C=O) groups excluding carboxylic acids is 2. The van der Waals surface area contributed by atoms with Crippen molar-refractivity contribution in [2.24, 2.45) is 5.73 Å². The molecule has 3 aromatic carbocycles. The van der Waals surface area contributed by atoms with E-state index in [2.05, 4.69) is 22.6 Å². The van der Waals surface area contributed by atoms with E-state index in [1.54, 1.807) is 11.7 Å². The molecule has 1 unspecified atom stereocenters. The summed E-state index contributed by atoms with van der Waals surface area (Å²) >= 11 is 2.23. The summed E-state index contributed by atoms with van der Waals surface area (Å²) in [6.45, 7) is 3.98. The SMILES string of the molecule is CCC(CC(N)=O)c1c(-c2ccccc2)n(C(=O)c2ccccc2C)c2cc(I)c(OC)cc12. The van der Waals surface area contributed by atoms with Crippen molar-refractivity contribution < 1.29 is 14.3 Å². The molecule has 1 amide bonds. The fourth-order valence-corrected chi connectivity index (χ4v) is 5.27. The number of fused-ring (bicyclic) bond motifs is 1. The fraction of sp³-hybridized carbons (Fsp3) is 0.214. The van der Waals surface area contributed by atoms with Crippen LogP contribution in [0.25, 0.3) is 22.2 Å². The topological polar surface area (TPSA) is 74.3 Å². The van der Waals surface area contributed by atoms with Crippen LogP contribution in [0.1, 0.15) is 47.2 Å². The lowest BCUT2D eigenvalue weighted by molar-refractivity contribution is -0.118. The molecule has 1 aromatic heterocycles. The monoisotopic (exact) mass is 566 g/mol. The number of primary amides is 1. The first-order valence-corrected chi connectivity index (χ1v) is 12.3. The van der Waals surface area contributed by atoms with Crippen LogP contribution in [0.15, 0.2) is 66.7 Å². The van der Waals surface area contributed by atoms with Crippen LogP contribution in [0.4, 0.5) is 0 Å². The first-order chi connectivity index (χ1) is 16.4. The zero-order valence-electron chi connectivity index (χ0n) is 19.5. The van der Waals surface area contributed by atoms with Crippen molar-refractivity contribution in [3.63, 3.8) is 0 Å². The summed E-state index contributed by atoms with van der Waals surface area (Å²) in [5.41, 5.74) is 10.6. The van der Waals surface area contributed by atoms with Gasteiger partial charge in [-0.2, -0.15) is 0 Å². The predicted octanol–water partition coefficient (Wildman–Crippen LogP) is 6.29. The van der Waals surface area contributed by atoms with Gasteiger partial charge in [0.05, 0.1) is 21.9 Å². The number of nitrogens with two attached hydrogens (primary N) is 1. The molecule has 4 aromatic rings. The number of aryl methyl sites for hydroxylation is 1. The standard InChI is InChI=1S/C28H27IN2O3/c1-4-18(14-25(30)32)26-21-15-24(34-3)22(29)16-23(21)31(27(26)19-11-6-5-7-12-19)28(33)20-13-9-8-10-17(20)2/h5-13,15-16,18H,4,14H2,1-3H3,(H2,30,32). The highest BCUT2D eigenvalue weighted by molar-refractivity contribution is 14.1. The summed E-state index contributed by atoms with van der Waals surface area (Å²) in [6, 6.07) is 21.4. The normalized spacial score (nSPS) is 12.0. The van der Waals surface area contributed by atoms with E-state index >= 15 is 0 Å². The van der Waals surface area contributed by atoms with Gasteiger partial charge in [-0.15, -0.1) is 0 Å². The van der Waals surface area contributed by atoms with E-state index in [0.717, 1.165) is 42.6 Å². The zero-order chi connectivity index (χ0) is 24.4. The van der Waals surface area contributed by atoms with Crippen LogP contribution in [0.2, 0.25) is 0 Å². The molecule has 0 bridgehead atoms. The molecule has 0 aliphatic heterocycles. The van der Waals surface area contributed by atoms with Gasteiger partial charge in [0, 0.05) is 17.4 Å². The maximum absolute atomic E-state index is 14.1. The van der Waals surface area contributed by atoms with Gasteiger partial charge in [0.15, 0.2) is 0 Å². The van der Waals surface area contributed by atoms with E-state index in [1.807, 2.05) is 80.6 Å². The van der Waals surface area contributed by atoms with Crippen molar-refractivity contribution >= 4 is 45.3 Å². The summed E-state index contributed by atoms with van der Waals surface area (Å²) in [7, 11) is 1.64. The lowest BCUT2D eigenvalue weighted by Crippen LogP contribution is -2.17. The second kappa shape index (κ2) is 10.0. The summed E-state index contributed by atoms with van der Waals surface area (Å²) in [6.07, 6.45) is 0.900. The Morgan fingerprint density at radius 1 is 1.06 bits per heavy atom. The summed E-state index contributed by atoms with van der Waals surface area (Å²) in [4.78, 5) is 26.2. The number of nitrogens with zero attached hydrogens (tertiary/aromatic N) is 1. The largest absolute Gasteiger partial charge is 0.496 e. The van der Waals surface area contributed by atoms with Crippen LogP contribution in [-0.4, -0.2) is 23.5 Å². The summed E-state index contributed by atoms with van der Waals surface area (Å²) in [5.74, 6) is 0.104. The molecular formula is C28H27IN2O3. The van der Waals surface area contributed by atoms with E-state index < -0.39 is 0 Å². The molecule has 0 aliphatic rings. The highest BCUT2D eigenvalue weighted by Gasteiger charge is 2.29. The number of methoxy groups -OCH3 is 1. The van der Waals surface area contributed by atoms with Gasteiger partial charge in [-0.1, -0.05) is 55.5 Å². The molecule has 0 fully saturated rings. The molecule has 0 radical (unpaired) electrons. The lowest BCUT2D eigenvalue weighted by atomic mass is 9.88. The van der Waals surface area contributed by atoms with E-state index in [9.17, 15) is 9.59 Å². The number of carbonyl (C=O) groups is 2. The van der Waals surface area contributed by atoms with Gasteiger partial charge in [0.1, 0.15) is 5.75 Å². The molecular weight excluding hydrogens is 539 g/mol. The van der Waals surface area contributed by atoms with Gasteiger partial charge >= 0.3 is 0 Å². The lowest BCUT2D eigenvalue weighted by Gasteiger charge is -2.18. The number of amides is 1. The van der Waals surface area contributed by atoms with E-state index in [4.69, 9.17) is 10.5 Å². The minimum atomic E-state index is -0.366. The molecule has 1 atom stereocenters. The first-order valence-electron chi connectivity index (χ1n) is 11.2. The van der Waals surface area contributed by atoms with Crippen molar-refractivity contribution in [3.8, 4) is 17.0 Å². The molecule has 4 rings (SSSR count). The molecule has 34 heavy (non-hydrogen) atoms. The highest BCUT2D eigenvalue weighted by Crippen LogP contribution is 2.43. The number of rotatable bonds is 7. The first kappa shape index (κ1) is 24.0. The maximum atomic E-state index is 14.1. The van der Waals surface area contributed by atoms with Gasteiger partial charge in [0.2, 0.25) is 5.91 Å².